The van der Waals surface area contributed by atoms with Gasteiger partial charge in [-0.05, 0) is 36.2 Å². The number of urea groups is 1. The number of methoxy groups -OCH3 is 1. The van der Waals surface area contributed by atoms with E-state index in [1.54, 1.807) is 19.2 Å². The van der Waals surface area contributed by atoms with Gasteiger partial charge >= 0.3 is 6.03 Å². The fourth-order valence-electron chi connectivity index (χ4n) is 2.06. The predicted octanol–water partition coefficient (Wildman–Crippen LogP) is 3.27. The molecule has 0 radical (unpaired) electrons. The summed E-state index contributed by atoms with van der Waals surface area (Å²) in [4.78, 5) is 11.7. The summed E-state index contributed by atoms with van der Waals surface area (Å²) in [5, 5.41) is 6.10. The molecule has 2 amide bonds. The van der Waals surface area contributed by atoms with E-state index in [0.29, 0.717) is 30.5 Å². The summed E-state index contributed by atoms with van der Waals surface area (Å²) in [5.74, 6) is 1.43. The van der Waals surface area contributed by atoms with E-state index in [2.05, 4.69) is 10.6 Å². The largest absolute Gasteiger partial charge is 0.497 e. The number of para-hydroxylation sites is 1. The van der Waals surface area contributed by atoms with Gasteiger partial charge < -0.3 is 20.1 Å². The summed E-state index contributed by atoms with van der Waals surface area (Å²) in [6.45, 7) is 1.32. The van der Waals surface area contributed by atoms with E-state index in [4.69, 9.17) is 21.1 Å². The summed E-state index contributed by atoms with van der Waals surface area (Å²) >= 11 is 5.98. The van der Waals surface area contributed by atoms with Crippen LogP contribution in [0.4, 0.5) is 4.79 Å². The molecule has 5 nitrogen and oxygen atoms in total. The molecule has 0 aromatic heterocycles. The molecule has 0 unspecified atom stereocenters. The Morgan fingerprint density at radius 1 is 1.04 bits per heavy atom. The van der Waals surface area contributed by atoms with Crippen LogP contribution in [0.15, 0.2) is 48.5 Å². The first kappa shape index (κ1) is 17.9. The smallest absolute Gasteiger partial charge is 0.314 e. The third-order valence-electron chi connectivity index (χ3n) is 3.34. The number of carbonyl (C=O) groups is 1. The minimum absolute atomic E-state index is 0.216. The van der Waals surface area contributed by atoms with Crippen LogP contribution in [-0.4, -0.2) is 32.8 Å². The number of hydrogen-bond acceptors (Lipinski definition) is 3. The summed E-state index contributed by atoms with van der Waals surface area (Å²) in [5.41, 5.74) is 1.14. The van der Waals surface area contributed by atoms with E-state index in [0.717, 1.165) is 17.7 Å². The topological polar surface area (TPSA) is 59.6 Å². The SMILES string of the molecule is COc1ccc(CCNC(=O)NCCOc2ccccc2Cl)cc1. The van der Waals surface area contributed by atoms with Crippen LogP contribution in [0.3, 0.4) is 0 Å². The zero-order chi connectivity index (χ0) is 17.2. The lowest BCUT2D eigenvalue weighted by atomic mass is 10.1. The molecule has 0 atom stereocenters. The second-order valence-electron chi connectivity index (χ2n) is 5.06. The normalized spacial score (nSPS) is 10.1. The molecule has 24 heavy (non-hydrogen) atoms. The van der Waals surface area contributed by atoms with E-state index < -0.39 is 0 Å². The zero-order valence-electron chi connectivity index (χ0n) is 13.5. The Labute approximate surface area is 146 Å². The number of nitrogens with one attached hydrogen (secondary N) is 2. The van der Waals surface area contributed by atoms with E-state index in [1.807, 2.05) is 36.4 Å². The van der Waals surface area contributed by atoms with Gasteiger partial charge in [0.05, 0.1) is 18.7 Å². The van der Waals surface area contributed by atoms with Crippen LogP contribution in [0, 0.1) is 0 Å². The molecular weight excluding hydrogens is 328 g/mol. The molecule has 128 valence electrons. The molecule has 2 aromatic rings. The highest BCUT2D eigenvalue weighted by Gasteiger charge is 2.02. The van der Waals surface area contributed by atoms with Crippen molar-refractivity contribution in [3.05, 3.63) is 59.1 Å². The molecule has 0 spiro atoms. The molecule has 0 fully saturated rings. The van der Waals surface area contributed by atoms with Crippen LogP contribution in [0.1, 0.15) is 5.56 Å². The van der Waals surface area contributed by atoms with Crippen molar-refractivity contribution >= 4 is 17.6 Å². The van der Waals surface area contributed by atoms with E-state index >= 15 is 0 Å². The molecule has 0 aliphatic rings. The highest BCUT2D eigenvalue weighted by molar-refractivity contribution is 6.32. The van der Waals surface area contributed by atoms with Gasteiger partial charge in [-0.2, -0.15) is 0 Å². The van der Waals surface area contributed by atoms with Crippen LogP contribution in [0.2, 0.25) is 5.02 Å². The first-order valence-corrected chi connectivity index (χ1v) is 8.09. The Bertz CT molecular complexity index is 647. The van der Waals surface area contributed by atoms with Gasteiger partial charge in [-0.25, -0.2) is 4.79 Å². The van der Waals surface area contributed by atoms with Gasteiger partial charge in [0.15, 0.2) is 0 Å². The van der Waals surface area contributed by atoms with Crippen LogP contribution in [0.25, 0.3) is 0 Å². The van der Waals surface area contributed by atoms with E-state index in [1.165, 1.54) is 0 Å². The lowest BCUT2D eigenvalue weighted by Gasteiger charge is -2.10. The van der Waals surface area contributed by atoms with Crippen LogP contribution in [-0.2, 0) is 6.42 Å². The molecule has 6 heteroatoms. The zero-order valence-corrected chi connectivity index (χ0v) is 14.3. The van der Waals surface area contributed by atoms with Crippen molar-refractivity contribution in [1.29, 1.82) is 0 Å². The number of benzene rings is 2. The van der Waals surface area contributed by atoms with Crippen molar-refractivity contribution in [3.63, 3.8) is 0 Å². The maximum absolute atomic E-state index is 11.7. The van der Waals surface area contributed by atoms with Gasteiger partial charge in [0.25, 0.3) is 0 Å². The first-order chi connectivity index (χ1) is 11.7. The Kier molecular flexibility index (Phi) is 7.23. The van der Waals surface area contributed by atoms with Crippen LogP contribution in [0.5, 0.6) is 11.5 Å². The second-order valence-corrected chi connectivity index (χ2v) is 5.47. The number of amides is 2. The Hall–Kier alpha value is -2.40. The first-order valence-electron chi connectivity index (χ1n) is 7.71. The Morgan fingerprint density at radius 3 is 2.46 bits per heavy atom. The molecular formula is C18H21ClN2O3. The molecule has 0 saturated heterocycles. The molecule has 0 bridgehead atoms. The summed E-state index contributed by atoms with van der Waals surface area (Å²) in [6, 6.07) is 14.8. The third kappa shape index (κ3) is 6.01. The Balaban J connectivity index is 1.58. The van der Waals surface area contributed by atoms with Gasteiger partial charge in [0, 0.05) is 6.54 Å². The summed E-state index contributed by atoms with van der Waals surface area (Å²) in [6.07, 6.45) is 0.757. The number of halogens is 1. The van der Waals surface area contributed by atoms with Crippen molar-refractivity contribution in [1.82, 2.24) is 10.6 Å². The molecule has 2 rings (SSSR count). The van der Waals surface area contributed by atoms with Crippen molar-refractivity contribution < 1.29 is 14.3 Å². The van der Waals surface area contributed by atoms with Crippen LogP contribution >= 0.6 is 11.6 Å². The minimum Gasteiger partial charge on any atom is -0.497 e. The second kappa shape index (κ2) is 9.67. The fraction of sp³-hybridized carbons (Fsp3) is 0.278. The average Bonchev–Trinajstić information content (AvgIpc) is 2.61. The molecule has 0 heterocycles. The number of rotatable bonds is 8. The standard InChI is InChI=1S/C18H21ClN2O3/c1-23-15-8-6-14(7-9-15)10-11-20-18(22)21-12-13-24-17-5-3-2-4-16(17)19/h2-9H,10-13H2,1H3,(H2,20,21,22). The minimum atomic E-state index is -0.216. The maximum Gasteiger partial charge on any atom is 0.314 e. The monoisotopic (exact) mass is 348 g/mol. The van der Waals surface area contributed by atoms with Crippen molar-refractivity contribution in [2.75, 3.05) is 26.8 Å². The van der Waals surface area contributed by atoms with E-state index in [9.17, 15) is 4.79 Å². The van der Waals surface area contributed by atoms with Gasteiger partial charge in [0.2, 0.25) is 0 Å². The van der Waals surface area contributed by atoms with Gasteiger partial charge in [-0.1, -0.05) is 35.9 Å². The highest BCUT2D eigenvalue weighted by atomic mass is 35.5. The van der Waals surface area contributed by atoms with Gasteiger partial charge in [-0.15, -0.1) is 0 Å². The summed E-state index contributed by atoms with van der Waals surface area (Å²) in [7, 11) is 1.64. The quantitative estimate of drug-likeness (QED) is 0.720. The molecule has 0 aliphatic carbocycles. The maximum atomic E-state index is 11.7. The highest BCUT2D eigenvalue weighted by Crippen LogP contribution is 2.22. The third-order valence-corrected chi connectivity index (χ3v) is 3.65. The fourth-order valence-corrected chi connectivity index (χ4v) is 2.25. The average molecular weight is 349 g/mol. The van der Waals surface area contributed by atoms with Crippen molar-refractivity contribution in [3.8, 4) is 11.5 Å². The van der Waals surface area contributed by atoms with Gasteiger partial charge in [-0.3, -0.25) is 0 Å². The molecule has 0 saturated carbocycles. The summed E-state index contributed by atoms with van der Waals surface area (Å²) < 4.78 is 10.6. The predicted molar refractivity (Wildman–Crippen MR) is 95.0 cm³/mol. The van der Waals surface area contributed by atoms with Crippen LogP contribution < -0.4 is 20.1 Å². The van der Waals surface area contributed by atoms with E-state index in [-0.39, 0.29) is 6.03 Å². The number of hydrogen-bond donors (Lipinski definition) is 2. The van der Waals surface area contributed by atoms with Crippen molar-refractivity contribution in [2.45, 2.75) is 6.42 Å². The molecule has 2 N–H and O–H groups in total. The lowest BCUT2D eigenvalue weighted by Crippen LogP contribution is -2.38. The molecule has 0 aliphatic heterocycles. The number of carbonyl (C=O) groups excluding carboxylic acids is 1. The Morgan fingerprint density at radius 2 is 1.75 bits per heavy atom. The van der Waals surface area contributed by atoms with Gasteiger partial charge in [0.1, 0.15) is 18.1 Å². The lowest BCUT2D eigenvalue weighted by molar-refractivity contribution is 0.236. The van der Waals surface area contributed by atoms with Crippen molar-refractivity contribution in [2.24, 2.45) is 0 Å². The molecule has 2 aromatic carbocycles. The number of ether oxygens (including phenoxy) is 2.